The maximum absolute atomic E-state index is 11.4. The fourth-order valence-electron chi connectivity index (χ4n) is 3.96. The van der Waals surface area contributed by atoms with Crippen LogP contribution in [0.1, 0.15) is 28.1 Å². The second-order valence-electron chi connectivity index (χ2n) is 7.95. The van der Waals surface area contributed by atoms with Gasteiger partial charge in [-0.2, -0.15) is 0 Å². The van der Waals surface area contributed by atoms with Gasteiger partial charge in [-0.15, -0.1) is 0 Å². The number of hydroxylamine groups is 1. The van der Waals surface area contributed by atoms with Crippen molar-refractivity contribution in [2.45, 2.75) is 26.3 Å². The van der Waals surface area contributed by atoms with Crippen LogP contribution in [0, 0.1) is 6.92 Å². The molecule has 0 aliphatic heterocycles. The molecule has 0 fully saturated rings. The van der Waals surface area contributed by atoms with Crippen LogP contribution < -0.4 is 5.48 Å². The quantitative estimate of drug-likeness (QED) is 0.226. The van der Waals surface area contributed by atoms with Crippen LogP contribution in [0.4, 0.5) is 0 Å². The first-order valence-electron chi connectivity index (χ1n) is 11.0. The molecule has 1 aromatic heterocycles. The second kappa shape index (κ2) is 10.6. The summed E-state index contributed by atoms with van der Waals surface area (Å²) in [5.41, 5.74) is 8.21. The molecule has 5 heteroatoms. The molecule has 0 unspecified atom stereocenters. The molecule has 0 saturated carbocycles. The first kappa shape index (κ1) is 22.2. The third kappa shape index (κ3) is 5.64. The summed E-state index contributed by atoms with van der Waals surface area (Å²) in [5, 5.41) is 8.73. The lowest BCUT2D eigenvalue weighted by Crippen LogP contribution is -2.14. The Kier molecular flexibility index (Phi) is 7.12. The van der Waals surface area contributed by atoms with Crippen molar-refractivity contribution in [2.75, 3.05) is 0 Å². The lowest BCUT2D eigenvalue weighted by Gasteiger charge is -2.14. The average molecular weight is 438 g/mol. The zero-order valence-corrected chi connectivity index (χ0v) is 18.6. The Morgan fingerprint density at radius 3 is 2.36 bits per heavy atom. The van der Waals surface area contributed by atoms with Crippen LogP contribution in [0.15, 0.2) is 91.0 Å². The molecule has 1 amide bonds. The van der Waals surface area contributed by atoms with Crippen LogP contribution in [-0.2, 0) is 24.2 Å². The van der Waals surface area contributed by atoms with Gasteiger partial charge in [-0.3, -0.25) is 10.0 Å². The van der Waals surface area contributed by atoms with Gasteiger partial charge >= 0.3 is 0 Å². The molecule has 3 aromatic carbocycles. The standard InChI is InChI=1S/C28H27N3O2/c1-21-26(20-23-11-6-3-7-12-23)31(18-17-22-9-4-2-5-10-22)28(29-21)25-14-8-13-24(19-25)15-16-27(32)30-33/h2-16,19,33H,17-18,20H2,1H3,(H,30,32). The van der Waals surface area contributed by atoms with Crippen LogP contribution in [0.25, 0.3) is 17.5 Å². The molecular formula is C28H27N3O2. The molecule has 4 rings (SSSR count). The first-order chi connectivity index (χ1) is 16.1. The number of carbonyl (C=O) groups excluding carboxylic acids is 1. The maximum Gasteiger partial charge on any atom is 0.267 e. The summed E-state index contributed by atoms with van der Waals surface area (Å²) >= 11 is 0. The molecule has 0 aliphatic carbocycles. The third-order valence-electron chi connectivity index (χ3n) is 5.64. The smallest absolute Gasteiger partial charge is 0.267 e. The van der Waals surface area contributed by atoms with Crippen molar-refractivity contribution in [1.82, 2.24) is 15.0 Å². The van der Waals surface area contributed by atoms with Gasteiger partial charge in [-0.1, -0.05) is 78.9 Å². The minimum atomic E-state index is -0.564. The summed E-state index contributed by atoms with van der Waals surface area (Å²) in [6.07, 6.45) is 4.68. The number of nitrogens with one attached hydrogen (secondary N) is 1. The van der Waals surface area contributed by atoms with Gasteiger partial charge in [0.15, 0.2) is 0 Å². The highest BCUT2D eigenvalue weighted by Crippen LogP contribution is 2.26. The molecule has 0 saturated heterocycles. The molecule has 33 heavy (non-hydrogen) atoms. The van der Waals surface area contributed by atoms with Gasteiger partial charge in [0.2, 0.25) is 0 Å². The van der Waals surface area contributed by atoms with Crippen LogP contribution in [0.5, 0.6) is 0 Å². The van der Waals surface area contributed by atoms with Gasteiger partial charge in [0.25, 0.3) is 5.91 Å². The number of rotatable bonds is 8. The Morgan fingerprint density at radius 2 is 1.67 bits per heavy atom. The normalized spacial score (nSPS) is 11.1. The average Bonchev–Trinajstić information content (AvgIpc) is 3.17. The molecule has 0 spiro atoms. The fourth-order valence-corrected chi connectivity index (χ4v) is 3.96. The van der Waals surface area contributed by atoms with E-state index < -0.39 is 5.91 Å². The predicted octanol–water partition coefficient (Wildman–Crippen LogP) is 5.21. The Morgan fingerprint density at radius 1 is 0.970 bits per heavy atom. The van der Waals surface area contributed by atoms with Crippen molar-refractivity contribution in [2.24, 2.45) is 0 Å². The minimum absolute atomic E-state index is 0.564. The monoisotopic (exact) mass is 437 g/mol. The van der Waals surface area contributed by atoms with Gasteiger partial charge in [0.1, 0.15) is 5.82 Å². The molecule has 0 bridgehead atoms. The maximum atomic E-state index is 11.4. The predicted molar refractivity (Wildman–Crippen MR) is 131 cm³/mol. The topological polar surface area (TPSA) is 67.2 Å². The Bertz CT molecular complexity index is 1240. The zero-order chi connectivity index (χ0) is 23.0. The number of hydrogen-bond donors (Lipinski definition) is 2. The van der Waals surface area contributed by atoms with E-state index >= 15 is 0 Å². The molecule has 1 heterocycles. The van der Waals surface area contributed by atoms with E-state index in [2.05, 4.69) is 60.0 Å². The van der Waals surface area contributed by atoms with Gasteiger partial charge in [-0.05, 0) is 42.2 Å². The number of amides is 1. The molecule has 0 radical (unpaired) electrons. The largest absolute Gasteiger partial charge is 0.327 e. The van der Waals surface area contributed by atoms with Gasteiger partial charge in [0.05, 0.1) is 5.69 Å². The van der Waals surface area contributed by atoms with Crippen molar-refractivity contribution in [3.8, 4) is 11.4 Å². The lowest BCUT2D eigenvalue weighted by molar-refractivity contribution is -0.124. The van der Waals surface area contributed by atoms with E-state index in [1.165, 1.54) is 22.9 Å². The number of nitrogens with zero attached hydrogens (tertiary/aromatic N) is 2. The Hall–Kier alpha value is -3.96. The summed E-state index contributed by atoms with van der Waals surface area (Å²) in [7, 11) is 0. The fraction of sp³-hybridized carbons (Fsp3) is 0.143. The van der Waals surface area contributed by atoms with E-state index in [0.717, 1.165) is 42.0 Å². The first-order valence-corrected chi connectivity index (χ1v) is 11.0. The van der Waals surface area contributed by atoms with E-state index in [1.807, 2.05) is 36.4 Å². The molecular weight excluding hydrogens is 410 g/mol. The molecule has 166 valence electrons. The van der Waals surface area contributed by atoms with Crippen molar-refractivity contribution in [1.29, 1.82) is 0 Å². The number of imidazole rings is 1. The third-order valence-corrected chi connectivity index (χ3v) is 5.64. The molecule has 4 aromatic rings. The van der Waals surface area contributed by atoms with Crippen LogP contribution >= 0.6 is 0 Å². The Labute approximate surface area is 194 Å². The number of aromatic nitrogens is 2. The molecule has 2 N–H and O–H groups in total. The lowest BCUT2D eigenvalue weighted by atomic mass is 10.1. The van der Waals surface area contributed by atoms with E-state index in [9.17, 15) is 4.79 Å². The number of benzene rings is 3. The van der Waals surface area contributed by atoms with Crippen LogP contribution in [0.3, 0.4) is 0 Å². The highest BCUT2D eigenvalue weighted by atomic mass is 16.5. The summed E-state index contributed by atoms with van der Waals surface area (Å²) < 4.78 is 2.32. The summed E-state index contributed by atoms with van der Waals surface area (Å²) in [5.74, 6) is 0.349. The van der Waals surface area contributed by atoms with Crippen molar-refractivity contribution < 1.29 is 10.0 Å². The minimum Gasteiger partial charge on any atom is -0.327 e. The van der Waals surface area contributed by atoms with E-state index in [0.29, 0.717) is 0 Å². The van der Waals surface area contributed by atoms with Gasteiger partial charge in [-0.25, -0.2) is 10.5 Å². The van der Waals surface area contributed by atoms with Crippen LogP contribution in [0.2, 0.25) is 0 Å². The van der Waals surface area contributed by atoms with Gasteiger partial charge < -0.3 is 4.57 Å². The summed E-state index contributed by atoms with van der Waals surface area (Å²) in [4.78, 5) is 16.3. The zero-order valence-electron chi connectivity index (χ0n) is 18.6. The summed E-state index contributed by atoms with van der Waals surface area (Å²) in [6.45, 7) is 2.88. The number of hydrogen-bond acceptors (Lipinski definition) is 3. The highest BCUT2D eigenvalue weighted by molar-refractivity contribution is 5.91. The number of aryl methyl sites for hydroxylation is 2. The van der Waals surface area contributed by atoms with Crippen molar-refractivity contribution in [3.05, 3.63) is 119 Å². The molecule has 0 aliphatic rings. The van der Waals surface area contributed by atoms with Crippen molar-refractivity contribution >= 4 is 12.0 Å². The SMILES string of the molecule is Cc1nc(-c2cccc(C=CC(=O)NO)c2)n(CCc2ccccc2)c1Cc1ccccc1. The Balaban J connectivity index is 1.72. The summed E-state index contributed by atoms with van der Waals surface area (Å²) in [6, 6.07) is 28.8. The number of carbonyl (C=O) groups is 1. The van der Waals surface area contributed by atoms with E-state index in [4.69, 9.17) is 10.2 Å². The second-order valence-corrected chi connectivity index (χ2v) is 7.95. The van der Waals surface area contributed by atoms with Crippen LogP contribution in [-0.4, -0.2) is 20.7 Å². The molecule has 0 atom stereocenters. The molecule has 5 nitrogen and oxygen atoms in total. The van der Waals surface area contributed by atoms with Gasteiger partial charge in [0, 0.05) is 30.3 Å². The van der Waals surface area contributed by atoms with E-state index in [-0.39, 0.29) is 0 Å². The van der Waals surface area contributed by atoms with E-state index in [1.54, 1.807) is 11.6 Å². The van der Waals surface area contributed by atoms with Crippen molar-refractivity contribution in [3.63, 3.8) is 0 Å². The highest BCUT2D eigenvalue weighted by Gasteiger charge is 2.16.